The molecule has 0 atom stereocenters. The van der Waals surface area contributed by atoms with E-state index in [1.54, 1.807) is 18.7 Å². The molecule has 3 amide bonds. The number of carbonyl (C=O) groups excluding carboxylic acids is 2. The van der Waals surface area contributed by atoms with Crippen LogP contribution in [0.25, 0.3) is 0 Å². The Balaban J connectivity index is 2.09. The van der Waals surface area contributed by atoms with E-state index in [-0.39, 0.29) is 11.9 Å². The lowest BCUT2D eigenvalue weighted by Gasteiger charge is -2.27. The van der Waals surface area contributed by atoms with Gasteiger partial charge in [0.15, 0.2) is 0 Å². The van der Waals surface area contributed by atoms with Gasteiger partial charge in [-0.25, -0.2) is 4.79 Å². The quantitative estimate of drug-likeness (QED) is 0.685. The van der Waals surface area contributed by atoms with Gasteiger partial charge in [0.2, 0.25) is 0 Å². The Labute approximate surface area is 118 Å². The van der Waals surface area contributed by atoms with Gasteiger partial charge in [0.05, 0.1) is 5.88 Å². The third-order valence-electron chi connectivity index (χ3n) is 2.88. The Morgan fingerprint density at radius 1 is 1.33 bits per heavy atom. The van der Waals surface area contributed by atoms with E-state index in [4.69, 9.17) is 0 Å². The first-order valence-electron chi connectivity index (χ1n) is 5.43. The molecule has 18 heavy (non-hydrogen) atoms. The third-order valence-corrected chi connectivity index (χ3v) is 4.89. The second-order valence-electron chi connectivity index (χ2n) is 4.45. The van der Waals surface area contributed by atoms with Crippen molar-refractivity contribution in [1.29, 1.82) is 0 Å². The largest absolute Gasteiger partial charge is 0.325 e. The fourth-order valence-corrected chi connectivity index (χ4v) is 3.33. The van der Waals surface area contributed by atoms with Gasteiger partial charge in [0, 0.05) is 9.37 Å². The molecule has 1 aliphatic heterocycles. The first kappa shape index (κ1) is 13.4. The predicted octanol–water partition coefficient (Wildman–Crippen LogP) is 2.83. The van der Waals surface area contributed by atoms with Crippen molar-refractivity contribution >= 4 is 39.6 Å². The van der Waals surface area contributed by atoms with Crippen molar-refractivity contribution in [3.8, 4) is 0 Å². The minimum atomic E-state index is -0.786. The first-order valence-corrected chi connectivity index (χ1v) is 7.21. The molecule has 0 bridgehead atoms. The summed E-state index contributed by atoms with van der Waals surface area (Å²) in [5, 5.41) is 2.33. The van der Waals surface area contributed by atoms with Crippen molar-refractivity contribution in [2.45, 2.75) is 24.3 Å². The molecule has 0 saturated carbocycles. The number of amides is 3. The van der Waals surface area contributed by atoms with E-state index in [0.717, 1.165) is 9.37 Å². The highest BCUT2D eigenvalue weighted by molar-refractivity contribution is 9.10. The summed E-state index contributed by atoms with van der Waals surface area (Å²) in [5.74, 6) is 0.188. The smallest absolute Gasteiger partial charge is 0.301 e. The van der Waals surface area contributed by atoms with E-state index in [9.17, 15) is 9.59 Å². The van der Waals surface area contributed by atoms with Crippen LogP contribution >= 0.6 is 27.7 Å². The molecule has 2 rings (SSSR count). The lowest BCUT2D eigenvalue weighted by molar-refractivity contribution is -0.124. The van der Waals surface area contributed by atoms with Gasteiger partial charge in [-0.2, -0.15) is 0 Å². The van der Waals surface area contributed by atoms with Gasteiger partial charge in [0.25, 0.3) is 5.91 Å². The molecule has 1 heterocycles. The monoisotopic (exact) mass is 328 g/mol. The van der Waals surface area contributed by atoms with Crippen LogP contribution < -0.4 is 5.32 Å². The Morgan fingerprint density at radius 2 is 2.00 bits per heavy atom. The van der Waals surface area contributed by atoms with Crippen LogP contribution in [0.2, 0.25) is 0 Å². The Morgan fingerprint density at radius 3 is 2.56 bits per heavy atom. The molecule has 1 N–H and O–H groups in total. The summed E-state index contributed by atoms with van der Waals surface area (Å²) in [5.41, 5.74) is -0.786. The molecule has 1 aromatic rings. The lowest BCUT2D eigenvalue weighted by atomic mass is 10.1. The van der Waals surface area contributed by atoms with Crippen molar-refractivity contribution in [1.82, 2.24) is 10.2 Å². The summed E-state index contributed by atoms with van der Waals surface area (Å²) >= 11 is 4.97. The van der Waals surface area contributed by atoms with Gasteiger partial charge in [-0.3, -0.25) is 10.1 Å². The topological polar surface area (TPSA) is 49.4 Å². The number of nitrogens with one attached hydrogen (secondary N) is 1. The molecule has 4 nitrogen and oxygen atoms in total. The van der Waals surface area contributed by atoms with E-state index in [2.05, 4.69) is 21.2 Å². The van der Waals surface area contributed by atoms with Gasteiger partial charge in [-0.15, -0.1) is 11.8 Å². The zero-order valence-corrected chi connectivity index (χ0v) is 12.5. The molecule has 1 saturated heterocycles. The normalized spacial score (nSPS) is 18.1. The number of urea groups is 1. The Hall–Kier alpha value is -1.01. The predicted molar refractivity (Wildman–Crippen MR) is 74.3 cm³/mol. The van der Waals surface area contributed by atoms with E-state index >= 15 is 0 Å². The minimum Gasteiger partial charge on any atom is -0.301 e. The number of hydrogen-bond acceptors (Lipinski definition) is 3. The van der Waals surface area contributed by atoms with Crippen LogP contribution in [0, 0.1) is 0 Å². The fraction of sp³-hybridized carbons (Fsp3) is 0.333. The maximum absolute atomic E-state index is 11.7. The van der Waals surface area contributed by atoms with E-state index in [1.807, 2.05) is 24.3 Å². The van der Waals surface area contributed by atoms with E-state index < -0.39 is 5.54 Å². The Kier molecular flexibility index (Phi) is 3.68. The van der Waals surface area contributed by atoms with Gasteiger partial charge in [-0.05, 0) is 41.9 Å². The van der Waals surface area contributed by atoms with Crippen molar-refractivity contribution < 1.29 is 9.59 Å². The van der Waals surface area contributed by atoms with Crippen LogP contribution in [-0.2, 0) is 4.79 Å². The van der Waals surface area contributed by atoms with Gasteiger partial charge < -0.3 is 4.90 Å². The number of benzene rings is 1. The molecular weight excluding hydrogens is 316 g/mol. The molecule has 1 aromatic carbocycles. The van der Waals surface area contributed by atoms with Crippen molar-refractivity contribution in [3.05, 3.63) is 28.7 Å². The highest BCUT2D eigenvalue weighted by Crippen LogP contribution is 2.31. The standard InChI is InChI=1S/C12H13BrN2O2S/c1-12(2)10(16)14-11(17)15(12)7-18-9-6-4-3-5-8(9)13/h3-6H,7H2,1-2H3,(H,14,16,17). The molecule has 0 aliphatic carbocycles. The second-order valence-corrected chi connectivity index (χ2v) is 6.29. The van der Waals surface area contributed by atoms with Crippen LogP contribution in [0.5, 0.6) is 0 Å². The van der Waals surface area contributed by atoms with Gasteiger partial charge in [-0.1, -0.05) is 12.1 Å². The number of rotatable bonds is 3. The maximum Gasteiger partial charge on any atom is 0.325 e. The summed E-state index contributed by atoms with van der Waals surface area (Å²) in [6, 6.07) is 7.46. The fourth-order valence-electron chi connectivity index (χ4n) is 1.61. The molecule has 6 heteroatoms. The highest BCUT2D eigenvalue weighted by Gasteiger charge is 2.45. The molecule has 0 aromatic heterocycles. The number of carbonyl (C=O) groups is 2. The molecule has 0 radical (unpaired) electrons. The number of halogens is 1. The number of nitrogens with zero attached hydrogens (tertiary/aromatic N) is 1. The molecule has 0 unspecified atom stereocenters. The first-order chi connectivity index (χ1) is 8.43. The summed E-state index contributed by atoms with van der Waals surface area (Å²) in [4.78, 5) is 25.9. The zero-order chi connectivity index (χ0) is 13.3. The third kappa shape index (κ3) is 2.40. The molecule has 0 spiro atoms. The van der Waals surface area contributed by atoms with Crippen LogP contribution in [0.15, 0.2) is 33.6 Å². The molecule has 96 valence electrons. The zero-order valence-electron chi connectivity index (χ0n) is 10.1. The van der Waals surface area contributed by atoms with E-state index in [0.29, 0.717) is 5.88 Å². The summed E-state index contributed by atoms with van der Waals surface area (Å²) in [7, 11) is 0. The molecule has 1 fully saturated rings. The van der Waals surface area contributed by atoms with Gasteiger partial charge in [0.1, 0.15) is 5.54 Å². The van der Waals surface area contributed by atoms with Crippen molar-refractivity contribution in [2.75, 3.05) is 5.88 Å². The number of hydrogen-bond donors (Lipinski definition) is 1. The summed E-state index contributed by atoms with van der Waals surface area (Å²) < 4.78 is 0.985. The van der Waals surface area contributed by atoms with E-state index in [1.165, 1.54) is 11.8 Å². The van der Waals surface area contributed by atoms with Crippen molar-refractivity contribution in [2.24, 2.45) is 0 Å². The molecule has 1 aliphatic rings. The second kappa shape index (κ2) is 4.93. The lowest BCUT2D eigenvalue weighted by Crippen LogP contribution is -2.43. The van der Waals surface area contributed by atoms with Crippen LogP contribution in [0.1, 0.15) is 13.8 Å². The van der Waals surface area contributed by atoms with Crippen LogP contribution in [0.4, 0.5) is 4.79 Å². The minimum absolute atomic E-state index is 0.250. The summed E-state index contributed by atoms with van der Waals surface area (Å²) in [6.45, 7) is 3.49. The SMILES string of the molecule is CC1(C)C(=O)NC(=O)N1CSc1ccccc1Br. The van der Waals surface area contributed by atoms with Crippen molar-refractivity contribution in [3.63, 3.8) is 0 Å². The average molecular weight is 329 g/mol. The van der Waals surface area contributed by atoms with Crippen LogP contribution in [-0.4, -0.2) is 28.3 Å². The average Bonchev–Trinajstić information content (AvgIpc) is 2.49. The Bertz CT molecular complexity index is 505. The molecular formula is C12H13BrN2O2S. The maximum atomic E-state index is 11.7. The highest BCUT2D eigenvalue weighted by atomic mass is 79.9. The summed E-state index contributed by atoms with van der Waals surface area (Å²) in [6.07, 6.45) is 0. The number of thioether (sulfide) groups is 1. The number of imide groups is 1. The van der Waals surface area contributed by atoms with Crippen LogP contribution in [0.3, 0.4) is 0 Å². The van der Waals surface area contributed by atoms with Gasteiger partial charge >= 0.3 is 6.03 Å².